The van der Waals surface area contributed by atoms with Gasteiger partial charge in [0.15, 0.2) is 0 Å². The molecule has 0 aliphatic carbocycles. The number of thiophene rings is 1. The number of halogens is 2. The summed E-state index contributed by atoms with van der Waals surface area (Å²) in [4.78, 5) is 0. The fraction of sp³-hybridized carbons (Fsp3) is 0. The first-order valence-corrected chi connectivity index (χ1v) is 3.75. The zero-order valence-electron chi connectivity index (χ0n) is 5.43. The van der Waals surface area contributed by atoms with Crippen molar-refractivity contribution in [1.29, 1.82) is 5.41 Å². The van der Waals surface area contributed by atoms with Crippen LogP contribution in [0.3, 0.4) is 0 Å². The van der Waals surface area contributed by atoms with Gasteiger partial charge in [0, 0.05) is 5.38 Å². The van der Waals surface area contributed by atoms with Crippen molar-refractivity contribution in [2.75, 3.05) is 5.73 Å². The summed E-state index contributed by atoms with van der Waals surface area (Å²) in [5.41, 5.74) is 11.1. The molecule has 1 heterocycles. The lowest BCUT2D eigenvalue weighted by Crippen LogP contribution is -2.12. The highest BCUT2D eigenvalue weighted by atomic mass is 35.5. The summed E-state index contributed by atoms with van der Waals surface area (Å²) in [5, 5.41) is 9.67. The van der Waals surface area contributed by atoms with Gasteiger partial charge in [-0.2, -0.15) is 0 Å². The predicted octanol–water partition coefficient (Wildman–Crippen LogP) is 1.69. The first-order chi connectivity index (χ1) is 4.63. The fourth-order valence-electron chi connectivity index (χ4n) is 0.612. The number of hydrogen-bond acceptors (Lipinski definition) is 3. The SMILES string of the molecule is Cl.N=C(N)c1c(Cl)csc1N. The van der Waals surface area contributed by atoms with Crippen molar-refractivity contribution in [2.45, 2.75) is 0 Å². The molecule has 0 radical (unpaired) electrons. The second-order valence-corrected chi connectivity index (χ2v) is 3.05. The van der Waals surface area contributed by atoms with Crippen LogP contribution in [0, 0.1) is 5.41 Å². The summed E-state index contributed by atoms with van der Waals surface area (Å²) < 4.78 is 0. The van der Waals surface area contributed by atoms with Crippen LogP contribution in [0.4, 0.5) is 5.00 Å². The van der Waals surface area contributed by atoms with Gasteiger partial charge in [-0.05, 0) is 0 Å². The highest BCUT2D eigenvalue weighted by Crippen LogP contribution is 2.28. The van der Waals surface area contributed by atoms with Gasteiger partial charge in [0.1, 0.15) is 5.84 Å². The Morgan fingerprint density at radius 1 is 1.64 bits per heavy atom. The molecule has 0 aliphatic heterocycles. The zero-order valence-corrected chi connectivity index (χ0v) is 7.82. The van der Waals surface area contributed by atoms with Gasteiger partial charge >= 0.3 is 0 Å². The van der Waals surface area contributed by atoms with E-state index in [1.54, 1.807) is 5.38 Å². The third-order valence-corrected chi connectivity index (χ3v) is 2.28. The standard InChI is InChI=1S/C5H6ClN3S.ClH/c6-2-1-10-5(9)3(2)4(7)8;/h1H,9H2,(H3,7,8);1H. The molecule has 11 heavy (non-hydrogen) atoms. The normalized spacial score (nSPS) is 8.82. The Kier molecular flexibility index (Phi) is 3.65. The monoisotopic (exact) mass is 211 g/mol. The minimum absolute atomic E-state index is 0. The predicted molar refractivity (Wildman–Crippen MR) is 52.0 cm³/mol. The van der Waals surface area contributed by atoms with Crippen molar-refractivity contribution in [3.8, 4) is 0 Å². The van der Waals surface area contributed by atoms with Gasteiger partial charge in [-0.1, -0.05) is 11.6 Å². The molecule has 1 aromatic rings. The van der Waals surface area contributed by atoms with Gasteiger partial charge in [-0.3, -0.25) is 5.41 Å². The number of hydrogen-bond donors (Lipinski definition) is 3. The maximum Gasteiger partial charge on any atom is 0.127 e. The molecule has 62 valence electrons. The molecule has 0 atom stereocenters. The minimum Gasteiger partial charge on any atom is -0.390 e. The van der Waals surface area contributed by atoms with Crippen LogP contribution in [0.1, 0.15) is 5.56 Å². The molecule has 0 unspecified atom stereocenters. The van der Waals surface area contributed by atoms with E-state index in [-0.39, 0.29) is 18.2 Å². The quantitative estimate of drug-likeness (QED) is 0.489. The van der Waals surface area contributed by atoms with Crippen molar-refractivity contribution in [2.24, 2.45) is 5.73 Å². The van der Waals surface area contributed by atoms with Crippen LogP contribution in [0.2, 0.25) is 5.02 Å². The van der Waals surface area contributed by atoms with Gasteiger partial charge in [-0.25, -0.2) is 0 Å². The van der Waals surface area contributed by atoms with Crippen LogP contribution in [0.5, 0.6) is 0 Å². The summed E-state index contributed by atoms with van der Waals surface area (Å²) in [6.07, 6.45) is 0. The summed E-state index contributed by atoms with van der Waals surface area (Å²) in [5.74, 6) is -0.0799. The molecule has 5 N–H and O–H groups in total. The second kappa shape index (κ2) is 3.80. The van der Waals surface area contributed by atoms with E-state index in [0.29, 0.717) is 15.6 Å². The molecule has 0 amide bonds. The van der Waals surface area contributed by atoms with Crippen molar-refractivity contribution in [3.63, 3.8) is 0 Å². The van der Waals surface area contributed by atoms with Crippen LogP contribution in [0.25, 0.3) is 0 Å². The Bertz CT molecular complexity index is 251. The molecule has 0 spiro atoms. The van der Waals surface area contributed by atoms with Crippen molar-refractivity contribution < 1.29 is 0 Å². The average Bonchev–Trinajstić information content (AvgIpc) is 2.11. The summed E-state index contributed by atoms with van der Waals surface area (Å²) in [6, 6.07) is 0. The van der Waals surface area contributed by atoms with Crippen molar-refractivity contribution >= 4 is 46.2 Å². The van der Waals surface area contributed by atoms with Crippen LogP contribution < -0.4 is 11.5 Å². The van der Waals surface area contributed by atoms with Gasteiger partial charge in [0.05, 0.1) is 15.6 Å². The lowest BCUT2D eigenvalue weighted by molar-refractivity contribution is 1.44. The van der Waals surface area contributed by atoms with E-state index in [2.05, 4.69) is 0 Å². The Balaban J connectivity index is 0.000001000. The maximum atomic E-state index is 7.05. The van der Waals surface area contributed by atoms with Crippen molar-refractivity contribution in [3.05, 3.63) is 16.0 Å². The number of nitrogens with one attached hydrogen (secondary N) is 1. The maximum absolute atomic E-state index is 7.05. The van der Waals surface area contributed by atoms with E-state index in [4.69, 9.17) is 28.5 Å². The van der Waals surface area contributed by atoms with Crippen LogP contribution in [0.15, 0.2) is 5.38 Å². The second-order valence-electron chi connectivity index (χ2n) is 1.74. The smallest absolute Gasteiger partial charge is 0.127 e. The number of amidine groups is 1. The van der Waals surface area contributed by atoms with E-state index in [0.717, 1.165) is 0 Å². The summed E-state index contributed by atoms with van der Waals surface area (Å²) in [6.45, 7) is 0. The van der Waals surface area contributed by atoms with Crippen LogP contribution in [-0.2, 0) is 0 Å². The zero-order chi connectivity index (χ0) is 7.72. The van der Waals surface area contributed by atoms with E-state index >= 15 is 0 Å². The largest absolute Gasteiger partial charge is 0.390 e. The molecule has 0 bridgehead atoms. The summed E-state index contributed by atoms with van der Waals surface area (Å²) in [7, 11) is 0. The average molecular weight is 212 g/mol. The molecule has 0 saturated heterocycles. The number of nitrogen functional groups attached to an aromatic ring is 2. The third kappa shape index (κ3) is 1.99. The van der Waals surface area contributed by atoms with Gasteiger partial charge in [-0.15, -0.1) is 23.7 Å². The fourth-order valence-corrected chi connectivity index (χ4v) is 1.69. The number of rotatable bonds is 1. The van der Waals surface area contributed by atoms with Crippen molar-refractivity contribution in [1.82, 2.24) is 0 Å². The van der Waals surface area contributed by atoms with E-state index < -0.39 is 0 Å². The molecular formula is C5H7Cl2N3S. The Morgan fingerprint density at radius 2 is 2.18 bits per heavy atom. The number of anilines is 1. The molecule has 1 rings (SSSR count). The van der Waals surface area contributed by atoms with Gasteiger partial charge in [0.25, 0.3) is 0 Å². The lowest BCUT2D eigenvalue weighted by atomic mass is 10.3. The molecule has 1 aromatic heterocycles. The molecular weight excluding hydrogens is 205 g/mol. The topological polar surface area (TPSA) is 75.9 Å². The minimum atomic E-state index is -0.0799. The molecule has 0 aromatic carbocycles. The van der Waals surface area contributed by atoms with E-state index in [9.17, 15) is 0 Å². The molecule has 6 heteroatoms. The highest BCUT2D eigenvalue weighted by Gasteiger charge is 2.08. The first kappa shape index (κ1) is 10.6. The summed E-state index contributed by atoms with van der Waals surface area (Å²) >= 11 is 6.93. The molecule has 0 saturated carbocycles. The molecule has 0 fully saturated rings. The Hall–Kier alpha value is -0.450. The van der Waals surface area contributed by atoms with Gasteiger partial charge < -0.3 is 11.5 Å². The number of nitrogens with two attached hydrogens (primary N) is 2. The Morgan fingerprint density at radius 3 is 2.36 bits per heavy atom. The first-order valence-electron chi connectivity index (χ1n) is 2.49. The third-order valence-electron chi connectivity index (χ3n) is 1.04. The van der Waals surface area contributed by atoms with Gasteiger partial charge in [0.2, 0.25) is 0 Å². The van der Waals surface area contributed by atoms with E-state index in [1.165, 1.54) is 11.3 Å². The van der Waals surface area contributed by atoms with E-state index in [1.807, 2.05) is 0 Å². The van der Waals surface area contributed by atoms with Crippen LogP contribution in [-0.4, -0.2) is 5.84 Å². The highest BCUT2D eigenvalue weighted by molar-refractivity contribution is 7.15. The Labute approximate surface area is 79.3 Å². The molecule has 0 aliphatic rings. The lowest BCUT2D eigenvalue weighted by Gasteiger charge is -1.94. The molecule has 3 nitrogen and oxygen atoms in total. The van der Waals surface area contributed by atoms with Crippen LogP contribution >= 0.6 is 35.3 Å².